The van der Waals surface area contributed by atoms with Crippen LogP contribution in [0.4, 0.5) is 0 Å². The predicted octanol–water partition coefficient (Wildman–Crippen LogP) is 1.38. The van der Waals surface area contributed by atoms with E-state index in [1.807, 2.05) is 14.0 Å². The Balaban J connectivity index is 1.96. The van der Waals surface area contributed by atoms with Gasteiger partial charge in [-0.15, -0.1) is 0 Å². The molecule has 2 atom stereocenters. The molecule has 0 aliphatic carbocycles. The van der Waals surface area contributed by atoms with Gasteiger partial charge in [0, 0.05) is 12.5 Å². The number of hydrogen-bond acceptors (Lipinski definition) is 5. The Morgan fingerprint density at radius 2 is 2.41 bits per heavy atom. The summed E-state index contributed by atoms with van der Waals surface area (Å²) in [6, 6.07) is 0.733. The van der Waals surface area contributed by atoms with Gasteiger partial charge in [-0.1, -0.05) is 12.1 Å². The van der Waals surface area contributed by atoms with E-state index >= 15 is 0 Å². The maximum atomic E-state index is 5.31. The zero-order valence-electron chi connectivity index (χ0n) is 10.9. The number of nitrogens with one attached hydrogen (secondary N) is 1. The van der Waals surface area contributed by atoms with E-state index in [2.05, 4.69) is 27.3 Å². The molecule has 5 nitrogen and oxygen atoms in total. The molecule has 17 heavy (non-hydrogen) atoms. The lowest BCUT2D eigenvalue weighted by Crippen LogP contribution is -2.30. The van der Waals surface area contributed by atoms with E-state index in [9.17, 15) is 0 Å². The largest absolute Gasteiger partial charge is 0.339 e. The lowest BCUT2D eigenvalue weighted by atomic mass is 10.1. The second kappa shape index (κ2) is 5.60. The van der Waals surface area contributed by atoms with Crippen LogP contribution in [0.3, 0.4) is 0 Å². The molecule has 0 saturated carbocycles. The van der Waals surface area contributed by atoms with Crippen LogP contribution in [0.25, 0.3) is 0 Å². The number of likely N-dealkylation sites (N-methyl/N-ethyl adjacent to an activating group) is 1. The van der Waals surface area contributed by atoms with E-state index in [1.54, 1.807) is 0 Å². The summed E-state index contributed by atoms with van der Waals surface area (Å²) in [5.41, 5.74) is 0. The van der Waals surface area contributed by atoms with Crippen LogP contribution < -0.4 is 5.32 Å². The fraction of sp³-hybridized carbons (Fsp3) is 0.833. The van der Waals surface area contributed by atoms with Crippen molar-refractivity contribution in [2.45, 2.75) is 45.2 Å². The molecule has 1 fully saturated rings. The molecule has 96 valence electrons. The molecule has 1 aliphatic heterocycles. The topological polar surface area (TPSA) is 54.2 Å². The summed E-state index contributed by atoms with van der Waals surface area (Å²) in [6.07, 6.45) is 3.41. The highest BCUT2D eigenvalue weighted by molar-refractivity contribution is 4.95. The summed E-state index contributed by atoms with van der Waals surface area (Å²) in [7, 11) is 1.90. The molecule has 1 aliphatic rings. The smallest absolute Gasteiger partial charge is 0.228 e. The third kappa shape index (κ3) is 2.84. The van der Waals surface area contributed by atoms with Gasteiger partial charge in [-0.25, -0.2) is 0 Å². The number of likely N-dealkylation sites (tertiary alicyclic amines) is 1. The molecule has 1 N–H and O–H groups in total. The molecule has 0 aromatic carbocycles. The molecule has 0 radical (unpaired) electrons. The number of aromatic nitrogens is 2. The number of nitrogens with zero attached hydrogens (tertiary/aromatic N) is 3. The molecule has 2 unspecified atom stereocenters. The summed E-state index contributed by atoms with van der Waals surface area (Å²) in [6.45, 7) is 6.55. The summed E-state index contributed by atoms with van der Waals surface area (Å²) in [5.74, 6) is 1.52. The first-order chi connectivity index (χ1) is 8.24. The maximum absolute atomic E-state index is 5.31. The Morgan fingerprint density at radius 3 is 3.12 bits per heavy atom. The van der Waals surface area contributed by atoms with Gasteiger partial charge in [0.2, 0.25) is 5.89 Å². The molecule has 0 amide bonds. The molecule has 0 bridgehead atoms. The van der Waals surface area contributed by atoms with Crippen LogP contribution in [0, 0.1) is 0 Å². The van der Waals surface area contributed by atoms with Crippen LogP contribution >= 0.6 is 0 Å². The van der Waals surface area contributed by atoms with Gasteiger partial charge >= 0.3 is 0 Å². The summed E-state index contributed by atoms with van der Waals surface area (Å²) in [4.78, 5) is 6.94. The van der Waals surface area contributed by atoms with E-state index in [4.69, 9.17) is 4.52 Å². The van der Waals surface area contributed by atoms with E-state index in [-0.39, 0.29) is 6.04 Å². The van der Waals surface area contributed by atoms with Crippen molar-refractivity contribution < 1.29 is 4.52 Å². The van der Waals surface area contributed by atoms with Crippen LogP contribution in [0.1, 0.15) is 44.4 Å². The first-order valence-electron chi connectivity index (χ1n) is 6.48. The zero-order chi connectivity index (χ0) is 12.3. The van der Waals surface area contributed by atoms with Crippen molar-refractivity contribution in [3.05, 3.63) is 11.7 Å². The number of rotatable bonds is 5. The van der Waals surface area contributed by atoms with E-state index < -0.39 is 0 Å². The summed E-state index contributed by atoms with van der Waals surface area (Å²) in [5, 5.41) is 7.13. The maximum Gasteiger partial charge on any atom is 0.228 e. The highest BCUT2D eigenvalue weighted by Crippen LogP contribution is 2.20. The van der Waals surface area contributed by atoms with Gasteiger partial charge in [-0.3, -0.25) is 0 Å². The Hall–Kier alpha value is -0.940. The second-order valence-corrected chi connectivity index (χ2v) is 4.69. The fourth-order valence-electron chi connectivity index (χ4n) is 2.40. The van der Waals surface area contributed by atoms with E-state index in [0.717, 1.165) is 24.7 Å². The SMILES string of the molecule is CCN1CCCC1Cc1nc(C(C)NC)no1. The second-order valence-electron chi connectivity index (χ2n) is 4.69. The first kappa shape index (κ1) is 12.5. The molecule has 2 heterocycles. The summed E-state index contributed by atoms with van der Waals surface area (Å²) >= 11 is 0. The quantitative estimate of drug-likeness (QED) is 0.840. The van der Waals surface area contributed by atoms with Crippen LogP contribution in [0.5, 0.6) is 0 Å². The van der Waals surface area contributed by atoms with Crippen molar-refractivity contribution in [1.29, 1.82) is 0 Å². The average Bonchev–Trinajstić information content (AvgIpc) is 2.97. The van der Waals surface area contributed by atoms with Gasteiger partial charge in [0.25, 0.3) is 0 Å². The average molecular weight is 238 g/mol. The van der Waals surface area contributed by atoms with Gasteiger partial charge in [0.1, 0.15) is 0 Å². The minimum Gasteiger partial charge on any atom is -0.339 e. The standard InChI is InChI=1S/C12H22N4O/c1-4-16-7-5-6-10(16)8-11-14-12(15-17-11)9(2)13-3/h9-10,13H,4-8H2,1-3H3. The van der Waals surface area contributed by atoms with Gasteiger partial charge in [-0.2, -0.15) is 4.98 Å². The lowest BCUT2D eigenvalue weighted by Gasteiger charge is -2.20. The van der Waals surface area contributed by atoms with Crippen molar-refractivity contribution in [3.8, 4) is 0 Å². The minimum absolute atomic E-state index is 0.151. The third-order valence-electron chi connectivity index (χ3n) is 3.62. The monoisotopic (exact) mass is 238 g/mol. The Morgan fingerprint density at radius 1 is 1.59 bits per heavy atom. The third-order valence-corrected chi connectivity index (χ3v) is 3.62. The number of hydrogen-bond donors (Lipinski definition) is 1. The van der Waals surface area contributed by atoms with Crippen molar-refractivity contribution in [1.82, 2.24) is 20.4 Å². The van der Waals surface area contributed by atoms with Crippen LogP contribution in [0.2, 0.25) is 0 Å². The van der Waals surface area contributed by atoms with Crippen molar-refractivity contribution in [2.75, 3.05) is 20.1 Å². The predicted molar refractivity (Wildman–Crippen MR) is 65.7 cm³/mol. The molecule has 5 heteroatoms. The minimum atomic E-state index is 0.151. The van der Waals surface area contributed by atoms with Gasteiger partial charge < -0.3 is 14.7 Å². The molecule has 0 spiro atoms. The fourth-order valence-corrected chi connectivity index (χ4v) is 2.40. The van der Waals surface area contributed by atoms with Gasteiger partial charge in [0.15, 0.2) is 5.82 Å². The van der Waals surface area contributed by atoms with Crippen LogP contribution in [-0.2, 0) is 6.42 Å². The van der Waals surface area contributed by atoms with Gasteiger partial charge in [0.05, 0.1) is 6.04 Å². The first-order valence-corrected chi connectivity index (χ1v) is 6.48. The van der Waals surface area contributed by atoms with Crippen molar-refractivity contribution in [3.63, 3.8) is 0 Å². The molecular formula is C12H22N4O. The molecule has 1 aromatic heterocycles. The molecule has 1 aromatic rings. The van der Waals surface area contributed by atoms with Crippen molar-refractivity contribution in [2.24, 2.45) is 0 Å². The van der Waals surface area contributed by atoms with Crippen LogP contribution in [0.15, 0.2) is 4.52 Å². The normalized spacial score (nSPS) is 23.1. The summed E-state index contributed by atoms with van der Waals surface area (Å²) < 4.78 is 5.31. The molecule has 1 saturated heterocycles. The highest BCUT2D eigenvalue weighted by Gasteiger charge is 2.25. The van der Waals surface area contributed by atoms with Crippen molar-refractivity contribution >= 4 is 0 Å². The highest BCUT2D eigenvalue weighted by atomic mass is 16.5. The Bertz CT molecular complexity index is 352. The van der Waals surface area contributed by atoms with Crippen LogP contribution in [-0.4, -0.2) is 41.2 Å². The molecular weight excluding hydrogens is 216 g/mol. The Labute approximate surface area is 103 Å². The zero-order valence-corrected chi connectivity index (χ0v) is 10.9. The van der Waals surface area contributed by atoms with E-state index in [1.165, 1.54) is 19.4 Å². The van der Waals surface area contributed by atoms with E-state index in [0.29, 0.717) is 6.04 Å². The molecule has 2 rings (SSSR count). The Kier molecular flexibility index (Phi) is 4.12. The lowest BCUT2D eigenvalue weighted by molar-refractivity contribution is 0.246. The van der Waals surface area contributed by atoms with Gasteiger partial charge in [-0.05, 0) is 39.9 Å².